The van der Waals surface area contributed by atoms with Crippen molar-refractivity contribution in [3.05, 3.63) is 35.4 Å². The Kier molecular flexibility index (Phi) is 3.77. The van der Waals surface area contributed by atoms with Crippen molar-refractivity contribution in [2.45, 2.75) is 39.3 Å². The summed E-state index contributed by atoms with van der Waals surface area (Å²) in [6.07, 6.45) is 1.14. The summed E-state index contributed by atoms with van der Waals surface area (Å²) in [5.41, 5.74) is 2.81. The number of nitrogens with zero attached hydrogens (tertiary/aromatic N) is 1. The van der Waals surface area contributed by atoms with Gasteiger partial charge in [0.05, 0.1) is 6.54 Å². The van der Waals surface area contributed by atoms with Crippen LogP contribution in [0.4, 0.5) is 0 Å². The largest absolute Gasteiger partial charge is 0.359 e. The van der Waals surface area contributed by atoms with Crippen LogP contribution in [0, 0.1) is 6.92 Å². The van der Waals surface area contributed by atoms with Crippen molar-refractivity contribution < 1.29 is 0 Å². The van der Waals surface area contributed by atoms with Crippen LogP contribution in [-0.4, -0.2) is 16.5 Å². The van der Waals surface area contributed by atoms with Crippen LogP contribution in [0.1, 0.15) is 31.4 Å². The van der Waals surface area contributed by atoms with E-state index in [0.717, 1.165) is 23.9 Å². The van der Waals surface area contributed by atoms with Gasteiger partial charge in [0.2, 0.25) is 0 Å². The number of aliphatic imine (C=N–C) groups is 1. The highest BCUT2D eigenvalue weighted by atomic mass is 32.2. The number of hydrogen-bond acceptors (Lipinski definition) is 2. The number of rotatable bonds is 3. The highest BCUT2D eigenvalue weighted by Gasteiger charge is 2.30. The second-order valence-corrected chi connectivity index (χ2v) is 5.90. The first kappa shape index (κ1) is 12.5. The second kappa shape index (κ2) is 5.13. The molecule has 1 heterocycles. The molecule has 17 heavy (non-hydrogen) atoms. The molecule has 1 atom stereocenters. The normalized spacial score (nSPS) is 26.2. The number of nitrogens with one attached hydrogen (secondary N) is 1. The van der Waals surface area contributed by atoms with Crippen LogP contribution in [0.15, 0.2) is 29.3 Å². The van der Waals surface area contributed by atoms with Gasteiger partial charge in [0.25, 0.3) is 0 Å². The molecule has 1 aromatic carbocycles. The summed E-state index contributed by atoms with van der Waals surface area (Å²) in [5, 5.41) is 4.61. The minimum absolute atomic E-state index is 0.232. The first-order valence-corrected chi connectivity index (χ1v) is 7.11. The summed E-state index contributed by atoms with van der Waals surface area (Å²) < 4.78 is 0. The Hall–Kier alpha value is -0.960. The molecule has 0 spiro atoms. The van der Waals surface area contributed by atoms with Crippen molar-refractivity contribution >= 4 is 16.9 Å². The van der Waals surface area contributed by atoms with Crippen LogP contribution in [-0.2, 0) is 6.54 Å². The number of hydrogen-bond donors (Lipinski definition) is 1. The summed E-state index contributed by atoms with van der Waals surface area (Å²) in [6, 6.07) is 8.54. The van der Waals surface area contributed by atoms with E-state index in [4.69, 9.17) is 0 Å². The van der Waals surface area contributed by atoms with Crippen LogP contribution in [0.3, 0.4) is 0 Å². The molecule has 0 aliphatic carbocycles. The van der Waals surface area contributed by atoms with E-state index in [0.29, 0.717) is 0 Å². The molecule has 0 bridgehead atoms. The van der Waals surface area contributed by atoms with Crippen LogP contribution >= 0.6 is 11.8 Å². The van der Waals surface area contributed by atoms with E-state index >= 15 is 0 Å². The molecule has 0 aromatic heterocycles. The van der Waals surface area contributed by atoms with Gasteiger partial charge in [0.1, 0.15) is 0 Å². The molecule has 0 saturated carbocycles. The van der Waals surface area contributed by atoms with Gasteiger partial charge >= 0.3 is 0 Å². The minimum Gasteiger partial charge on any atom is -0.359 e. The van der Waals surface area contributed by atoms with Crippen molar-refractivity contribution in [3.63, 3.8) is 0 Å². The average molecular weight is 248 g/mol. The molecular weight excluding hydrogens is 228 g/mol. The molecule has 1 saturated heterocycles. The molecule has 1 fully saturated rings. The molecule has 0 radical (unpaired) electrons. The Labute approximate surface area is 108 Å². The maximum Gasteiger partial charge on any atom is 0.157 e. The third-order valence-electron chi connectivity index (χ3n) is 3.20. The van der Waals surface area contributed by atoms with Gasteiger partial charge in [-0.3, -0.25) is 4.99 Å². The van der Waals surface area contributed by atoms with Gasteiger partial charge in [-0.25, -0.2) is 0 Å². The molecule has 1 unspecified atom stereocenters. The summed E-state index contributed by atoms with van der Waals surface area (Å²) in [7, 11) is 0. The predicted molar refractivity (Wildman–Crippen MR) is 76.6 cm³/mol. The van der Waals surface area contributed by atoms with Crippen molar-refractivity contribution in [2.75, 3.05) is 5.75 Å². The lowest BCUT2D eigenvalue weighted by Crippen LogP contribution is -2.39. The zero-order chi connectivity index (χ0) is 12.3. The molecule has 1 aromatic rings. The summed E-state index contributed by atoms with van der Waals surface area (Å²) in [4.78, 5) is 4.65. The fourth-order valence-electron chi connectivity index (χ4n) is 1.81. The van der Waals surface area contributed by atoms with Crippen molar-refractivity contribution in [1.82, 2.24) is 5.32 Å². The smallest absolute Gasteiger partial charge is 0.157 e. The third-order valence-corrected chi connectivity index (χ3v) is 4.49. The maximum atomic E-state index is 4.65. The lowest BCUT2D eigenvalue weighted by molar-refractivity contribution is 0.466. The standard InChI is InChI=1S/C14H20N2S/c1-4-14(3)10-17-13(16-14)15-9-12-7-5-6-11(2)8-12/h5-8H,4,9-10H2,1-3H3,(H,15,16). The molecule has 2 rings (SSSR count). The van der Waals surface area contributed by atoms with Gasteiger partial charge in [-0.1, -0.05) is 48.5 Å². The van der Waals surface area contributed by atoms with E-state index in [1.165, 1.54) is 11.1 Å². The number of thioether (sulfide) groups is 1. The Bertz CT molecular complexity index is 428. The van der Waals surface area contributed by atoms with Crippen LogP contribution in [0.25, 0.3) is 0 Å². The molecule has 0 amide bonds. The lowest BCUT2D eigenvalue weighted by Gasteiger charge is -2.20. The first-order valence-electron chi connectivity index (χ1n) is 6.12. The van der Waals surface area contributed by atoms with Crippen LogP contribution in [0.5, 0.6) is 0 Å². The summed E-state index contributed by atoms with van der Waals surface area (Å²) in [6.45, 7) is 7.37. The predicted octanol–water partition coefficient (Wildman–Crippen LogP) is 3.36. The molecular formula is C14H20N2S. The van der Waals surface area contributed by atoms with E-state index in [2.05, 4.69) is 55.3 Å². The maximum absolute atomic E-state index is 4.65. The molecule has 1 aliphatic heterocycles. The number of amidine groups is 1. The van der Waals surface area contributed by atoms with E-state index in [-0.39, 0.29) is 5.54 Å². The summed E-state index contributed by atoms with van der Waals surface area (Å²) in [5.74, 6) is 1.12. The number of aryl methyl sites for hydroxylation is 1. The van der Waals surface area contributed by atoms with Crippen LogP contribution in [0.2, 0.25) is 0 Å². The van der Waals surface area contributed by atoms with Gasteiger partial charge in [0, 0.05) is 11.3 Å². The van der Waals surface area contributed by atoms with Gasteiger partial charge in [0.15, 0.2) is 5.17 Å². The Morgan fingerprint density at radius 3 is 2.94 bits per heavy atom. The SMILES string of the molecule is CCC1(C)CSC(=NCc2cccc(C)c2)N1. The molecule has 92 valence electrons. The van der Waals surface area contributed by atoms with E-state index in [1.54, 1.807) is 0 Å². The third kappa shape index (κ3) is 3.25. The van der Waals surface area contributed by atoms with Crippen molar-refractivity contribution in [2.24, 2.45) is 4.99 Å². The fraction of sp³-hybridized carbons (Fsp3) is 0.500. The number of benzene rings is 1. The fourth-order valence-corrected chi connectivity index (χ4v) is 3.01. The lowest BCUT2D eigenvalue weighted by atomic mass is 10.0. The summed E-state index contributed by atoms with van der Waals surface area (Å²) >= 11 is 1.84. The monoisotopic (exact) mass is 248 g/mol. The highest BCUT2D eigenvalue weighted by Crippen LogP contribution is 2.25. The van der Waals surface area contributed by atoms with Gasteiger partial charge in [-0.2, -0.15) is 0 Å². The topological polar surface area (TPSA) is 24.4 Å². The van der Waals surface area contributed by atoms with E-state index in [1.807, 2.05) is 11.8 Å². The Morgan fingerprint density at radius 2 is 2.29 bits per heavy atom. The van der Waals surface area contributed by atoms with E-state index in [9.17, 15) is 0 Å². The zero-order valence-electron chi connectivity index (χ0n) is 10.8. The second-order valence-electron chi connectivity index (χ2n) is 4.94. The van der Waals surface area contributed by atoms with Crippen molar-refractivity contribution in [3.8, 4) is 0 Å². The molecule has 1 aliphatic rings. The Morgan fingerprint density at radius 1 is 1.47 bits per heavy atom. The minimum atomic E-state index is 0.232. The van der Waals surface area contributed by atoms with Crippen LogP contribution < -0.4 is 5.32 Å². The molecule has 3 heteroatoms. The first-order chi connectivity index (χ1) is 8.11. The Balaban J connectivity index is 1.98. The highest BCUT2D eigenvalue weighted by molar-refractivity contribution is 8.14. The molecule has 1 N–H and O–H groups in total. The average Bonchev–Trinajstić information content (AvgIpc) is 2.70. The molecule has 2 nitrogen and oxygen atoms in total. The van der Waals surface area contributed by atoms with Crippen molar-refractivity contribution in [1.29, 1.82) is 0 Å². The van der Waals surface area contributed by atoms with Gasteiger partial charge in [-0.05, 0) is 25.8 Å². The van der Waals surface area contributed by atoms with Gasteiger partial charge < -0.3 is 5.32 Å². The zero-order valence-corrected chi connectivity index (χ0v) is 11.6. The van der Waals surface area contributed by atoms with Gasteiger partial charge in [-0.15, -0.1) is 0 Å². The van der Waals surface area contributed by atoms with E-state index < -0.39 is 0 Å². The quantitative estimate of drug-likeness (QED) is 0.887.